The number of nitrogens with one attached hydrogen (secondary N) is 3. The number of amides is 4. The van der Waals surface area contributed by atoms with E-state index in [9.17, 15) is 14.4 Å². The van der Waals surface area contributed by atoms with E-state index >= 15 is 0 Å². The molecule has 1 aliphatic rings. The van der Waals surface area contributed by atoms with Gasteiger partial charge in [-0.2, -0.15) is 0 Å². The van der Waals surface area contributed by atoms with Gasteiger partial charge in [0.2, 0.25) is 5.91 Å². The fraction of sp³-hybridized carbons (Fsp3) is 0.423. The van der Waals surface area contributed by atoms with Crippen LogP contribution in [0.25, 0.3) is 0 Å². The Morgan fingerprint density at radius 3 is 2.09 bits per heavy atom. The molecule has 1 atom stereocenters. The van der Waals surface area contributed by atoms with Crippen molar-refractivity contribution in [1.29, 1.82) is 0 Å². The van der Waals surface area contributed by atoms with E-state index in [-0.39, 0.29) is 29.3 Å². The summed E-state index contributed by atoms with van der Waals surface area (Å²) >= 11 is 0. The molecule has 176 valence electrons. The van der Waals surface area contributed by atoms with E-state index in [2.05, 4.69) is 16.0 Å². The molecule has 2 aromatic rings. The van der Waals surface area contributed by atoms with Gasteiger partial charge < -0.3 is 20.9 Å². The van der Waals surface area contributed by atoms with E-state index in [1.165, 1.54) is 0 Å². The van der Waals surface area contributed by atoms with Gasteiger partial charge in [0.25, 0.3) is 5.91 Å². The first-order chi connectivity index (χ1) is 15.7. The first-order valence-electron chi connectivity index (χ1n) is 11.5. The molecule has 7 nitrogen and oxygen atoms in total. The zero-order valence-corrected chi connectivity index (χ0v) is 19.6. The molecule has 0 aliphatic carbocycles. The standard InChI is InChI=1S/C26H34N4O3/c1-26(2,3)29-25(33)30-16-14-20(15-17-30)22(28-23(31)21-12-8-5-9-13-21)24(32)27-18-19-10-6-4-7-11-19/h4-13,20,22H,14-18H2,1-3H3,(H,27,32)(H,28,31)(H,29,33)/t22-/m0/s1. The van der Waals surface area contributed by atoms with Crippen LogP contribution in [-0.4, -0.2) is 47.4 Å². The number of hydrogen-bond donors (Lipinski definition) is 3. The first-order valence-corrected chi connectivity index (χ1v) is 11.5. The molecule has 0 spiro atoms. The van der Waals surface area contributed by atoms with Crippen molar-refractivity contribution in [3.8, 4) is 0 Å². The highest BCUT2D eigenvalue weighted by Gasteiger charge is 2.34. The van der Waals surface area contributed by atoms with Gasteiger partial charge in [-0.05, 0) is 57.2 Å². The number of rotatable bonds is 6. The Balaban J connectivity index is 1.67. The third-order valence-electron chi connectivity index (χ3n) is 5.69. The van der Waals surface area contributed by atoms with Crippen LogP contribution in [0.1, 0.15) is 49.5 Å². The topological polar surface area (TPSA) is 90.5 Å². The van der Waals surface area contributed by atoms with Gasteiger partial charge in [-0.3, -0.25) is 9.59 Å². The fourth-order valence-corrected chi connectivity index (χ4v) is 3.94. The maximum atomic E-state index is 13.2. The lowest BCUT2D eigenvalue weighted by Crippen LogP contribution is -2.55. The maximum absolute atomic E-state index is 13.2. The number of nitrogens with zero attached hydrogens (tertiary/aromatic N) is 1. The van der Waals surface area contributed by atoms with Crippen LogP contribution in [0.15, 0.2) is 60.7 Å². The molecule has 33 heavy (non-hydrogen) atoms. The van der Waals surface area contributed by atoms with E-state index in [4.69, 9.17) is 0 Å². The van der Waals surface area contributed by atoms with Crippen molar-refractivity contribution in [1.82, 2.24) is 20.9 Å². The summed E-state index contributed by atoms with van der Waals surface area (Å²) in [5.41, 5.74) is 1.20. The van der Waals surface area contributed by atoms with Gasteiger partial charge in [-0.1, -0.05) is 48.5 Å². The van der Waals surface area contributed by atoms with Crippen molar-refractivity contribution in [2.24, 2.45) is 5.92 Å². The molecule has 0 bridgehead atoms. The van der Waals surface area contributed by atoms with E-state index < -0.39 is 6.04 Å². The van der Waals surface area contributed by atoms with Gasteiger partial charge in [0.15, 0.2) is 0 Å². The highest BCUT2D eigenvalue weighted by Crippen LogP contribution is 2.22. The lowest BCUT2D eigenvalue weighted by molar-refractivity contribution is -0.124. The van der Waals surface area contributed by atoms with E-state index in [1.807, 2.05) is 57.2 Å². The number of piperidine rings is 1. The Hall–Kier alpha value is -3.35. The SMILES string of the molecule is CC(C)(C)NC(=O)N1CCC([C@H](NC(=O)c2ccccc2)C(=O)NCc2ccccc2)CC1. The average molecular weight is 451 g/mol. The minimum Gasteiger partial charge on any atom is -0.350 e. The lowest BCUT2D eigenvalue weighted by Gasteiger charge is -2.37. The highest BCUT2D eigenvalue weighted by atomic mass is 16.2. The van der Waals surface area contributed by atoms with Gasteiger partial charge in [-0.15, -0.1) is 0 Å². The van der Waals surface area contributed by atoms with Crippen LogP contribution in [0.2, 0.25) is 0 Å². The van der Waals surface area contributed by atoms with Crippen LogP contribution in [0, 0.1) is 5.92 Å². The normalized spacial score (nSPS) is 15.4. The molecular formula is C26H34N4O3. The zero-order chi connectivity index (χ0) is 23.8. The van der Waals surface area contributed by atoms with Crippen LogP contribution in [0.3, 0.4) is 0 Å². The Morgan fingerprint density at radius 1 is 0.939 bits per heavy atom. The first kappa shape index (κ1) is 24.3. The summed E-state index contributed by atoms with van der Waals surface area (Å²) in [5, 5.41) is 8.91. The smallest absolute Gasteiger partial charge is 0.317 e. The van der Waals surface area contributed by atoms with Crippen LogP contribution >= 0.6 is 0 Å². The minimum absolute atomic E-state index is 0.0628. The monoisotopic (exact) mass is 450 g/mol. The quantitative estimate of drug-likeness (QED) is 0.631. The summed E-state index contributed by atoms with van der Waals surface area (Å²) in [5.74, 6) is -0.545. The number of urea groups is 1. The number of carbonyl (C=O) groups is 3. The predicted octanol–water partition coefficient (Wildman–Crippen LogP) is 3.32. The van der Waals surface area contributed by atoms with Gasteiger partial charge in [0.1, 0.15) is 6.04 Å². The zero-order valence-electron chi connectivity index (χ0n) is 19.6. The molecule has 3 rings (SSSR count). The molecule has 0 unspecified atom stereocenters. The molecule has 1 saturated heterocycles. The molecule has 1 aliphatic heterocycles. The molecule has 3 N–H and O–H groups in total. The molecule has 1 heterocycles. The fourth-order valence-electron chi connectivity index (χ4n) is 3.94. The second kappa shape index (κ2) is 11.0. The summed E-state index contributed by atoms with van der Waals surface area (Å²) in [4.78, 5) is 40.3. The van der Waals surface area contributed by atoms with Gasteiger partial charge in [0, 0.05) is 30.7 Å². The molecule has 2 aromatic carbocycles. The Labute approximate surface area is 195 Å². The summed E-state index contributed by atoms with van der Waals surface area (Å²) in [6.45, 7) is 7.31. The molecule has 0 aromatic heterocycles. The summed E-state index contributed by atoms with van der Waals surface area (Å²) in [7, 11) is 0. The predicted molar refractivity (Wildman–Crippen MR) is 129 cm³/mol. The van der Waals surface area contributed by atoms with Gasteiger partial charge in [-0.25, -0.2) is 4.79 Å². The summed E-state index contributed by atoms with van der Waals surface area (Å²) in [6.07, 6.45) is 1.27. The van der Waals surface area contributed by atoms with Crippen molar-refractivity contribution >= 4 is 17.8 Å². The van der Waals surface area contributed by atoms with Crippen LogP contribution in [0.4, 0.5) is 4.79 Å². The molecule has 1 fully saturated rings. The number of hydrogen-bond acceptors (Lipinski definition) is 3. The highest BCUT2D eigenvalue weighted by molar-refractivity contribution is 5.97. The van der Waals surface area contributed by atoms with Crippen LogP contribution < -0.4 is 16.0 Å². The second-order valence-electron chi connectivity index (χ2n) is 9.53. The Bertz CT molecular complexity index is 933. The van der Waals surface area contributed by atoms with Gasteiger partial charge in [0.05, 0.1) is 0 Å². The number of carbonyl (C=O) groups excluding carboxylic acids is 3. The van der Waals surface area contributed by atoms with Crippen LogP contribution in [0.5, 0.6) is 0 Å². The van der Waals surface area contributed by atoms with E-state index in [0.717, 1.165) is 5.56 Å². The van der Waals surface area contributed by atoms with Crippen LogP contribution in [-0.2, 0) is 11.3 Å². The molecule has 0 saturated carbocycles. The van der Waals surface area contributed by atoms with Crippen molar-refractivity contribution < 1.29 is 14.4 Å². The summed E-state index contributed by atoms with van der Waals surface area (Å²) < 4.78 is 0. The average Bonchev–Trinajstić information content (AvgIpc) is 2.81. The lowest BCUT2D eigenvalue weighted by atomic mass is 9.88. The Morgan fingerprint density at radius 2 is 1.52 bits per heavy atom. The summed E-state index contributed by atoms with van der Waals surface area (Å²) in [6, 6.07) is 17.8. The van der Waals surface area contributed by atoms with E-state index in [1.54, 1.807) is 29.2 Å². The van der Waals surface area contributed by atoms with Crippen molar-refractivity contribution in [2.75, 3.05) is 13.1 Å². The molecule has 7 heteroatoms. The van der Waals surface area contributed by atoms with Gasteiger partial charge >= 0.3 is 6.03 Å². The van der Waals surface area contributed by atoms with E-state index in [0.29, 0.717) is 38.0 Å². The molecule has 4 amide bonds. The number of likely N-dealkylation sites (tertiary alicyclic amines) is 1. The second-order valence-corrected chi connectivity index (χ2v) is 9.53. The number of benzene rings is 2. The molecular weight excluding hydrogens is 416 g/mol. The largest absolute Gasteiger partial charge is 0.350 e. The van der Waals surface area contributed by atoms with Crippen molar-refractivity contribution in [3.05, 3.63) is 71.8 Å². The molecule has 0 radical (unpaired) electrons. The third-order valence-corrected chi connectivity index (χ3v) is 5.69. The third kappa shape index (κ3) is 7.34. The van der Waals surface area contributed by atoms with Crippen molar-refractivity contribution in [2.45, 2.75) is 51.7 Å². The Kier molecular flexibility index (Phi) is 8.09. The van der Waals surface area contributed by atoms with Crippen molar-refractivity contribution in [3.63, 3.8) is 0 Å². The minimum atomic E-state index is -0.672. The maximum Gasteiger partial charge on any atom is 0.317 e.